The van der Waals surface area contributed by atoms with E-state index in [2.05, 4.69) is 0 Å². The van der Waals surface area contributed by atoms with Crippen LogP contribution in [0.2, 0.25) is 0 Å². The van der Waals surface area contributed by atoms with Gasteiger partial charge in [0.05, 0.1) is 6.10 Å². The SMILES string of the molecule is Cc1ccsc1N(C)C(=O)C1CCC(O)CC1. The molecule has 2 rings (SSSR count). The monoisotopic (exact) mass is 253 g/mol. The van der Waals surface area contributed by atoms with Gasteiger partial charge in [-0.3, -0.25) is 4.79 Å². The summed E-state index contributed by atoms with van der Waals surface area (Å²) in [7, 11) is 1.85. The van der Waals surface area contributed by atoms with Crippen LogP contribution in [0.4, 0.5) is 5.00 Å². The van der Waals surface area contributed by atoms with Crippen molar-refractivity contribution < 1.29 is 9.90 Å². The lowest BCUT2D eigenvalue weighted by molar-refractivity contribution is -0.123. The molecule has 1 heterocycles. The molecular weight excluding hydrogens is 234 g/mol. The molecule has 1 amide bonds. The summed E-state index contributed by atoms with van der Waals surface area (Å²) in [6.45, 7) is 2.03. The van der Waals surface area contributed by atoms with E-state index in [-0.39, 0.29) is 17.9 Å². The lowest BCUT2D eigenvalue weighted by Crippen LogP contribution is -2.35. The van der Waals surface area contributed by atoms with E-state index in [1.54, 1.807) is 16.2 Å². The fourth-order valence-electron chi connectivity index (χ4n) is 2.41. The Morgan fingerprint density at radius 3 is 2.59 bits per heavy atom. The topological polar surface area (TPSA) is 40.5 Å². The Labute approximate surface area is 106 Å². The zero-order chi connectivity index (χ0) is 12.4. The largest absolute Gasteiger partial charge is 0.393 e. The van der Waals surface area contributed by atoms with Crippen molar-refractivity contribution in [3.05, 3.63) is 17.0 Å². The number of aliphatic hydroxyl groups is 1. The molecule has 1 N–H and O–H groups in total. The number of carbonyl (C=O) groups is 1. The molecule has 0 unspecified atom stereocenters. The van der Waals surface area contributed by atoms with Gasteiger partial charge in [0.2, 0.25) is 5.91 Å². The van der Waals surface area contributed by atoms with Crippen LogP contribution >= 0.6 is 11.3 Å². The lowest BCUT2D eigenvalue weighted by atomic mass is 9.86. The number of hydrogen-bond acceptors (Lipinski definition) is 3. The first kappa shape index (κ1) is 12.6. The van der Waals surface area contributed by atoms with Crippen molar-refractivity contribution in [2.75, 3.05) is 11.9 Å². The Bertz CT molecular complexity index is 394. The Hall–Kier alpha value is -0.870. The van der Waals surface area contributed by atoms with Crippen molar-refractivity contribution in [3.8, 4) is 0 Å². The van der Waals surface area contributed by atoms with E-state index in [4.69, 9.17) is 0 Å². The fourth-order valence-corrected chi connectivity index (χ4v) is 3.31. The average molecular weight is 253 g/mol. The number of carbonyl (C=O) groups excluding carboxylic acids is 1. The second kappa shape index (κ2) is 5.19. The van der Waals surface area contributed by atoms with E-state index >= 15 is 0 Å². The molecule has 0 bridgehead atoms. The van der Waals surface area contributed by atoms with Gasteiger partial charge in [-0.2, -0.15) is 0 Å². The minimum Gasteiger partial charge on any atom is -0.393 e. The predicted octanol–water partition coefficient (Wildman–Crippen LogP) is 2.57. The molecule has 1 fully saturated rings. The second-order valence-corrected chi connectivity index (χ2v) is 5.71. The Kier molecular flexibility index (Phi) is 3.84. The molecule has 17 heavy (non-hydrogen) atoms. The van der Waals surface area contributed by atoms with Crippen LogP contribution < -0.4 is 4.90 Å². The number of nitrogens with zero attached hydrogens (tertiary/aromatic N) is 1. The molecule has 3 nitrogen and oxygen atoms in total. The molecule has 0 radical (unpaired) electrons. The fraction of sp³-hybridized carbons (Fsp3) is 0.615. The number of amides is 1. The van der Waals surface area contributed by atoms with Crippen LogP contribution in [-0.2, 0) is 4.79 Å². The summed E-state index contributed by atoms with van der Waals surface area (Å²) in [5, 5.41) is 12.5. The molecule has 1 aliphatic carbocycles. The van der Waals surface area contributed by atoms with Crippen LogP contribution in [0.3, 0.4) is 0 Å². The summed E-state index contributed by atoms with van der Waals surface area (Å²) in [4.78, 5) is 14.1. The zero-order valence-electron chi connectivity index (χ0n) is 10.3. The number of anilines is 1. The summed E-state index contributed by atoms with van der Waals surface area (Å²) >= 11 is 1.61. The smallest absolute Gasteiger partial charge is 0.230 e. The highest BCUT2D eigenvalue weighted by atomic mass is 32.1. The molecule has 0 atom stereocenters. The minimum absolute atomic E-state index is 0.0879. The van der Waals surface area contributed by atoms with E-state index in [1.165, 1.54) is 0 Å². The van der Waals surface area contributed by atoms with E-state index < -0.39 is 0 Å². The van der Waals surface area contributed by atoms with Gasteiger partial charge in [0.25, 0.3) is 0 Å². The third-order valence-electron chi connectivity index (χ3n) is 3.52. The van der Waals surface area contributed by atoms with Gasteiger partial charge in [0.15, 0.2) is 0 Å². The quantitative estimate of drug-likeness (QED) is 0.880. The van der Waals surface area contributed by atoms with Gasteiger partial charge in [0.1, 0.15) is 5.00 Å². The minimum atomic E-state index is -0.201. The van der Waals surface area contributed by atoms with Gasteiger partial charge >= 0.3 is 0 Å². The van der Waals surface area contributed by atoms with E-state index in [9.17, 15) is 9.90 Å². The molecule has 4 heteroatoms. The van der Waals surface area contributed by atoms with Crippen LogP contribution in [0.15, 0.2) is 11.4 Å². The first-order chi connectivity index (χ1) is 8.09. The molecule has 1 aliphatic rings. The zero-order valence-corrected chi connectivity index (χ0v) is 11.2. The number of rotatable bonds is 2. The van der Waals surface area contributed by atoms with Crippen molar-refractivity contribution in [2.45, 2.75) is 38.7 Å². The maximum absolute atomic E-state index is 12.3. The number of hydrogen-bond donors (Lipinski definition) is 1. The molecule has 0 aliphatic heterocycles. The highest BCUT2D eigenvalue weighted by Crippen LogP contribution is 2.31. The highest BCUT2D eigenvalue weighted by Gasteiger charge is 2.28. The highest BCUT2D eigenvalue weighted by molar-refractivity contribution is 7.14. The summed E-state index contributed by atoms with van der Waals surface area (Å²) in [5.41, 5.74) is 1.15. The summed E-state index contributed by atoms with van der Waals surface area (Å²) in [6, 6.07) is 2.04. The van der Waals surface area contributed by atoms with Crippen molar-refractivity contribution in [3.63, 3.8) is 0 Å². The summed E-state index contributed by atoms with van der Waals surface area (Å²) in [5.74, 6) is 0.285. The average Bonchev–Trinajstić information content (AvgIpc) is 2.74. The Morgan fingerprint density at radius 1 is 1.41 bits per heavy atom. The van der Waals surface area contributed by atoms with Crippen molar-refractivity contribution in [2.24, 2.45) is 5.92 Å². The van der Waals surface area contributed by atoms with Crippen molar-refractivity contribution >= 4 is 22.2 Å². The predicted molar refractivity (Wildman–Crippen MR) is 70.4 cm³/mol. The molecule has 94 valence electrons. The van der Waals surface area contributed by atoms with Crippen molar-refractivity contribution in [1.82, 2.24) is 0 Å². The molecule has 0 spiro atoms. The van der Waals surface area contributed by atoms with Gasteiger partial charge < -0.3 is 10.0 Å². The van der Waals surface area contributed by atoms with Crippen LogP contribution in [0.25, 0.3) is 0 Å². The van der Waals surface area contributed by atoms with Gasteiger partial charge in [-0.05, 0) is 49.6 Å². The van der Waals surface area contributed by atoms with E-state index in [0.29, 0.717) is 0 Å². The number of aryl methyl sites for hydroxylation is 1. The van der Waals surface area contributed by atoms with Crippen LogP contribution in [0.1, 0.15) is 31.2 Å². The second-order valence-electron chi connectivity index (χ2n) is 4.81. The molecule has 1 aromatic rings. The number of thiophene rings is 1. The third kappa shape index (κ3) is 2.69. The summed E-state index contributed by atoms with van der Waals surface area (Å²) < 4.78 is 0. The van der Waals surface area contributed by atoms with Gasteiger partial charge in [0, 0.05) is 13.0 Å². The maximum Gasteiger partial charge on any atom is 0.230 e. The molecule has 1 saturated carbocycles. The van der Waals surface area contributed by atoms with Gasteiger partial charge in [-0.25, -0.2) is 0 Å². The Balaban J connectivity index is 2.03. The first-order valence-corrected chi connectivity index (χ1v) is 6.97. The van der Waals surface area contributed by atoms with Crippen LogP contribution in [-0.4, -0.2) is 24.2 Å². The molecular formula is C13H19NO2S. The third-order valence-corrected chi connectivity index (χ3v) is 4.61. The summed E-state index contributed by atoms with van der Waals surface area (Å²) in [6.07, 6.45) is 2.94. The van der Waals surface area contributed by atoms with Gasteiger partial charge in [-0.15, -0.1) is 11.3 Å². The van der Waals surface area contributed by atoms with E-state index in [1.807, 2.05) is 25.4 Å². The number of aliphatic hydroxyl groups excluding tert-OH is 1. The van der Waals surface area contributed by atoms with Crippen molar-refractivity contribution in [1.29, 1.82) is 0 Å². The van der Waals surface area contributed by atoms with Crippen LogP contribution in [0.5, 0.6) is 0 Å². The Morgan fingerprint density at radius 2 is 2.06 bits per heavy atom. The first-order valence-electron chi connectivity index (χ1n) is 6.09. The molecule has 1 aromatic heterocycles. The molecule has 0 aromatic carbocycles. The van der Waals surface area contributed by atoms with E-state index in [0.717, 1.165) is 36.2 Å². The normalized spacial score (nSPS) is 24.6. The molecule has 0 saturated heterocycles. The standard InChI is InChI=1S/C13H19NO2S/c1-9-7-8-17-13(9)14(2)12(16)10-3-5-11(15)6-4-10/h7-8,10-11,15H,3-6H2,1-2H3. The van der Waals surface area contributed by atoms with Gasteiger partial charge in [-0.1, -0.05) is 0 Å². The lowest BCUT2D eigenvalue weighted by Gasteiger charge is -2.28. The maximum atomic E-state index is 12.3. The van der Waals surface area contributed by atoms with Crippen LogP contribution in [0, 0.1) is 12.8 Å².